The van der Waals surface area contributed by atoms with Crippen LogP contribution >= 0.6 is 11.3 Å². The minimum Gasteiger partial charge on any atom is -0.380 e. The van der Waals surface area contributed by atoms with Gasteiger partial charge in [0.1, 0.15) is 0 Å². The van der Waals surface area contributed by atoms with E-state index in [0.717, 1.165) is 38.6 Å². The zero-order valence-electron chi connectivity index (χ0n) is 14.6. The number of hydrogen-bond donors (Lipinski definition) is 1. The highest BCUT2D eigenvalue weighted by Crippen LogP contribution is 2.20. The van der Waals surface area contributed by atoms with Gasteiger partial charge in [-0.25, -0.2) is 4.98 Å². The molecule has 2 heterocycles. The number of nitrogens with one attached hydrogen (secondary N) is 1. The van der Waals surface area contributed by atoms with Gasteiger partial charge in [0.25, 0.3) is 0 Å². The monoisotopic (exact) mass is 345 g/mol. The number of nitrogens with zero attached hydrogens (tertiary/aromatic N) is 2. The van der Waals surface area contributed by atoms with E-state index in [-0.39, 0.29) is 0 Å². The van der Waals surface area contributed by atoms with Gasteiger partial charge in [-0.05, 0) is 43.5 Å². The summed E-state index contributed by atoms with van der Waals surface area (Å²) in [4.78, 5) is 8.37. The van der Waals surface area contributed by atoms with E-state index in [9.17, 15) is 0 Å². The summed E-state index contributed by atoms with van der Waals surface area (Å²) in [5.74, 6) is 0.756. The fourth-order valence-electron chi connectivity index (χ4n) is 3.27. The zero-order valence-corrected chi connectivity index (χ0v) is 15.4. The van der Waals surface area contributed by atoms with Crippen molar-refractivity contribution in [2.24, 2.45) is 5.92 Å². The molecule has 1 aliphatic heterocycles. The first-order valence-electron chi connectivity index (χ1n) is 8.63. The zero-order chi connectivity index (χ0) is 16.8. The Labute approximate surface area is 148 Å². The quantitative estimate of drug-likeness (QED) is 0.797. The lowest BCUT2D eigenvalue weighted by Gasteiger charge is -2.25. The molecule has 0 aliphatic carbocycles. The Morgan fingerprint density at radius 1 is 1.25 bits per heavy atom. The lowest BCUT2D eigenvalue weighted by Crippen LogP contribution is -2.30. The normalized spacial score (nSPS) is 17.7. The van der Waals surface area contributed by atoms with Crippen LogP contribution in [0.1, 0.15) is 28.1 Å². The summed E-state index contributed by atoms with van der Waals surface area (Å²) >= 11 is 1.77. The highest BCUT2D eigenvalue weighted by atomic mass is 32.1. The molecule has 24 heavy (non-hydrogen) atoms. The first-order valence-corrected chi connectivity index (χ1v) is 9.51. The van der Waals surface area contributed by atoms with Crippen molar-refractivity contribution in [1.29, 1.82) is 0 Å². The molecule has 0 saturated carbocycles. The van der Waals surface area contributed by atoms with Gasteiger partial charge in [-0.2, -0.15) is 0 Å². The third kappa shape index (κ3) is 4.86. The summed E-state index contributed by atoms with van der Waals surface area (Å²) in [5.41, 5.74) is 5.72. The molecule has 1 saturated heterocycles. The number of hydrogen-bond acceptors (Lipinski definition) is 5. The summed E-state index contributed by atoms with van der Waals surface area (Å²) in [6.45, 7) is 8.21. The standard InChI is InChI=1S/C19H27N3OS/c1-15-19(24-14-21-15)12-22(11-18-7-8-20-9-18)10-16-3-5-17(6-4-16)13-23-2/h3-6,14,18,20H,7-13H2,1-2H3. The van der Waals surface area contributed by atoms with E-state index in [0.29, 0.717) is 6.61 Å². The van der Waals surface area contributed by atoms with Crippen molar-refractivity contribution in [3.05, 3.63) is 51.5 Å². The van der Waals surface area contributed by atoms with Crippen molar-refractivity contribution in [1.82, 2.24) is 15.2 Å². The fourth-order valence-corrected chi connectivity index (χ4v) is 4.09. The van der Waals surface area contributed by atoms with Crippen LogP contribution in [0.5, 0.6) is 0 Å². The van der Waals surface area contributed by atoms with Crippen molar-refractivity contribution >= 4 is 11.3 Å². The molecular formula is C19H27N3OS. The van der Waals surface area contributed by atoms with Gasteiger partial charge in [0.15, 0.2) is 0 Å². The molecule has 5 heteroatoms. The van der Waals surface area contributed by atoms with Crippen LogP contribution < -0.4 is 5.32 Å². The summed E-state index contributed by atoms with van der Waals surface area (Å²) in [5, 5.41) is 3.48. The third-order valence-corrected chi connectivity index (χ3v) is 5.55. The lowest BCUT2D eigenvalue weighted by atomic mass is 10.1. The lowest BCUT2D eigenvalue weighted by molar-refractivity contribution is 0.185. The molecule has 4 nitrogen and oxygen atoms in total. The second kappa shape index (κ2) is 8.72. The Morgan fingerprint density at radius 3 is 2.67 bits per heavy atom. The second-order valence-electron chi connectivity index (χ2n) is 6.64. The third-order valence-electron chi connectivity index (χ3n) is 4.63. The molecule has 0 radical (unpaired) electrons. The van der Waals surface area contributed by atoms with Crippen LogP contribution in [0.25, 0.3) is 0 Å². The van der Waals surface area contributed by atoms with E-state index in [1.54, 1.807) is 18.4 Å². The Kier molecular flexibility index (Phi) is 6.37. The highest BCUT2D eigenvalue weighted by Gasteiger charge is 2.19. The summed E-state index contributed by atoms with van der Waals surface area (Å²) in [6.07, 6.45) is 1.28. The first-order chi connectivity index (χ1) is 11.7. The van der Waals surface area contributed by atoms with E-state index in [1.807, 2.05) is 5.51 Å². The molecule has 1 aromatic heterocycles. The Balaban J connectivity index is 1.67. The number of aromatic nitrogens is 1. The average molecular weight is 346 g/mol. The van der Waals surface area contributed by atoms with Gasteiger partial charge < -0.3 is 10.1 Å². The first kappa shape index (κ1) is 17.5. The maximum atomic E-state index is 5.20. The van der Waals surface area contributed by atoms with Gasteiger partial charge in [0.2, 0.25) is 0 Å². The van der Waals surface area contributed by atoms with Gasteiger partial charge in [0.05, 0.1) is 17.8 Å². The van der Waals surface area contributed by atoms with Crippen LogP contribution in [0.4, 0.5) is 0 Å². The predicted molar refractivity (Wildman–Crippen MR) is 99.1 cm³/mol. The average Bonchev–Trinajstić information content (AvgIpc) is 3.22. The molecule has 1 fully saturated rings. The van der Waals surface area contributed by atoms with Gasteiger partial charge in [-0.3, -0.25) is 4.90 Å². The number of thiazole rings is 1. The SMILES string of the molecule is COCc1ccc(CN(Cc2scnc2C)CC2CCNC2)cc1. The molecule has 0 spiro atoms. The summed E-state index contributed by atoms with van der Waals surface area (Å²) in [7, 11) is 1.74. The number of ether oxygens (including phenoxy) is 1. The van der Waals surface area contributed by atoms with E-state index >= 15 is 0 Å². The van der Waals surface area contributed by atoms with Crippen LogP contribution in [0, 0.1) is 12.8 Å². The van der Waals surface area contributed by atoms with Crippen LogP contribution in [0.2, 0.25) is 0 Å². The van der Waals surface area contributed by atoms with Crippen molar-refractivity contribution in [2.45, 2.75) is 33.0 Å². The molecule has 1 unspecified atom stereocenters. The molecule has 0 amide bonds. The largest absolute Gasteiger partial charge is 0.380 e. The van der Waals surface area contributed by atoms with E-state index in [4.69, 9.17) is 4.74 Å². The Hall–Kier alpha value is -1.27. The van der Waals surface area contributed by atoms with Gasteiger partial charge in [0, 0.05) is 31.6 Å². The summed E-state index contributed by atoms with van der Waals surface area (Å²) < 4.78 is 5.20. The smallest absolute Gasteiger partial charge is 0.0798 e. The van der Waals surface area contributed by atoms with Crippen LogP contribution in [0.15, 0.2) is 29.8 Å². The molecule has 1 aliphatic rings. The summed E-state index contributed by atoms with van der Waals surface area (Å²) in [6, 6.07) is 8.81. The van der Waals surface area contributed by atoms with E-state index in [2.05, 4.69) is 46.4 Å². The Morgan fingerprint density at radius 2 is 2.04 bits per heavy atom. The van der Waals surface area contributed by atoms with Gasteiger partial charge in [-0.15, -0.1) is 11.3 Å². The van der Waals surface area contributed by atoms with Gasteiger partial charge >= 0.3 is 0 Å². The van der Waals surface area contributed by atoms with Crippen molar-refractivity contribution in [3.63, 3.8) is 0 Å². The molecule has 130 valence electrons. The van der Waals surface area contributed by atoms with E-state index < -0.39 is 0 Å². The van der Waals surface area contributed by atoms with Crippen LogP contribution in [0.3, 0.4) is 0 Å². The van der Waals surface area contributed by atoms with Crippen molar-refractivity contribution in [3.8, 4) is 0 Å². The molecule has 1 aromatic carbocycles. The number of benzene rings is 1. The minimum absolute atomic E-state index is 0.678. The van der Waals surface area contributed by atoms with Crippen molar-refractivity contribution in [2.75, 3.05) is 26.7 Å². The maximum Gasteiger partial charge on any atom is 0.0798 e. The predicted octanol–water partition coefficient (Wildman–Crippen LogP) is 3.21. The Bertz CT molecular complexity index is 620. The molecule has 3 rings (SSSR count). The molecule has 1 atom stereocenters. The fraction of sp³-hybridized carbons (Fsp3) is 0.526. The number of aryl methyl sites for hydroxylation is 1. The molecule has 0 bridgehead atoms. The molecule has 2 aromatic rings. The van der Waals surface area contributed by atoms with Crippen molar-refractivity contribution < 1.29 is 4.74 Å². The van der Waals surface area contributed by atoms with Crippen LogP contribution in [-0.2, 0) is 24.4 Å². The van der Waals surface area contributed by atoms with Crippen LogP contribution in [-0.4, -0.2) is 36.6 Å². The maximum absolute atomic E-state index is 5.20. The number of rotatable bonds is 8. The van der Waals surface area contributed by atoms with Gasteiger partial charge in [-0.1, -0.05) is 24.3 Å². The molecule has 1 N–H and O–H groups in total. The molecular weight excluding hydrogens is 318 g/mol. The minimum atomic E-state index is 0.678. The second-order valence-corrected chi connectivity index (χ2v) is 7.58. The highest BCUT2D eigenvalue weighted by molar-refractivity contribution is 7.09. The van der Waals surface area contributed by atoms with E-state index in [1.165, 1.54) is 28.1 Å². The number of methoxy groups -OCH3 is 1. The topological polar surface area (TPSA) is 37.4 Å².